The Hall–Kier alpha value is -1.98. The summed E-state index contributed by atoms with van der Waals surface area (Å²) in [4.78, 5) is 36.9. The number of halogens is 3. The van der Waals surface area contributed by atoms with Crippen LogP contribution in [0.25, 0.3) is 10.4 Å². The van der Waals surface area contributed by atoms with Crippen molar-refractivity contribution in [1.29, 1.82) is 5.41 Å². The van der Waals surface area contributed by atoms with Crippen LogP contribution in [0.3, 0.4) is 0 Å². The Morgan fingerprint density at radius 3 is 2.07 bits per heavy atom. The third-order valence-electron chi connectivity index (χ3n) is 3.35. The zero-order chi connectivity index (χ0) is 22.4. The Morgan fingerprint density at radius 1 is 1.07 bits per heavy atom. The fourth-order valence-corrected chi connectivity index (χ4v) is 2.48. The molecule has 1 saturated heterocycles. The number of carbonyl (C=O) groups is 3. The van der Waals surface area contributed by atoms with Gasteiger partial charge in [-0.2, -0.15) is 0 Å². The van der Waals surface area contributed by atoms with Gasteiger partial charge in [0, 0.05) is 25.7 Å². The molecule has 0 saturated carbocycles. The van der Waals surface area contributed by atoms with Crippen LogP contribution < -0.4 is 0 Å². The zero-order valence-electron chi connectivity index (χ0n) is 15.3. The molecular formula is C14H17Cl3N4O8. The zero-order valence-corrected chi connectivity index (χ0v) is 17.6. The molecule has 12 nitrogen and oxygen atoms in total. The summed E-state index contributed by atoms with van der Waals surface area (Å²) in [5.41, 5.74) is 8.89. The van der Waals surface area contributed by atoms with Crippen LogP contribution in [0.4, 0.5) is 0 Å². The van der Waals surface area contributed by atoms with Crippen LogP contribution in [-0.2, 0) is 38.1 Å². The number of azide groups is 1. The third-order valence-corrected chi connectivity index (χ3v) is 3.86. The van der Waals surface area contributed by atoms with Crippen molar-refractivity contribution in [2.24, 2.45) is 5.11 Å². The lowest BCUT2D eigenvalue weighted by Crippen LogP contribution is -2.61. The Labute approximate surface area is 179 Å². The molecule has 5 atom stereocenters. The molecule has 162 valence electrons. The highest BCUT2D eigenvalue weighted by molar-refractivity contribution is 6.76. The summed E-state index contributed by atoms with van der Waals surface area (Å²) >= 11 is 16.7. The quantitative estimate of drug-likeness (QED) is 0.0890. The number of hydrogen-bond acceptors (Lipinski definition) is 10. The fraction of sp³-hybridized carbons (Fsp3) is 0.714. The minimum atomic E-state index is -2.28. The van der Waals surface area contributed by atoms with Gasteiger partial charge in [-0.1, -0.05) is 39.9 Å². The maximum absolute atomic E-state index is 11.6. The van der Waals surface area contributed by atoms with Crippen molar-refractivity contribution in [2.45, 2.75) is 55.2 Å². The molecule has 0 amide bonds. The van der Waals surface area contributed by atoms with Gasteiger partial charge in [0.25, 0.3) is 3.79 Å². The van der Waals surface area contributed by atoms with Gasteiger partial charge in [0.05, 0.1) is 0 Å². The lowest BCUT2D eigenvalue weighted by molar-refractivity contribution is -0.256. The van der Waals surface area contributed by atoms with E-state index in [0.29, 0.717) is 0 Å². The van der Waals surface area contributed by atoms with Gasteiger partial charge in [0.15, 0.2) is 12.2 Å². The van der Waals surface area contributed by atoms with E-state index in [1.54, 1.807) is 0 Å². The lowest BCUT2D eigenvalue weighted by Gasteiger charge is -2.43. The largest absolute Gasteiger partial charge is 0.463 e. The van der Waals surface area contributed by atoms with Crippen molar-refractivity contribution in [3.05, 3.63) is 10.4 Å². The molecule has 1 N–H and O–H groups in total. The average molecular weight is 476 g/mol. The van der Waals surface area contributed by atoms with E-state index in [4.69, 9.17) is 69.4 Å². The molecular weight excluding hydrogens is 459 g/mol. The molecule has 1 fully saturated rings. The molecule has 0 aromatic rings. The molecule has 0 aromatic carbocycles. The highest BCUT2D eigenvalue weighted by atomic mass is 35.6. The molecule has 0 radical (unpaired) electrons. The Kier molecular flexibility index (Phi) is 9.24. The number of nitrogens with one attached hydrogen (secondary N) is 1. The highest BCUT2D eigenvalue weighted by Gasteiger charge is 2.52. The standard InChI is InChI=1S/C14H17Cl3N4O8/c1-5(22)25-4-8-10(26-6(2)23)11(27-7(3)24)9(20-21-19)12(28-8)29-13(18)14(15,16)17/h8-12,18H,4H2,1-3H3/t8?,9?,10-,11?,12+/m1/s1. The van der Waals surface area contributed by atoms with Crippen molar-refractivity contribution < 1.29 is 38.1 Å². The van der Waals surface area contributed by atoms with Gasteiger partial charge >= 0.3 is 17.9 Å². The van der Waals surface area contributed by atoms with Gasteiger partial charge in [-0.15, -0.1) is 0 Å². The van der Waals surface area contributed by atoms with E-state index < -0.39 is 64.8 Å². The van der Waals surface area contributed by atoms with Crippen molar-refractivity contribution in [3.8, 4) is 0 Å². The summed E-state index contributed by atoms with van der Waals surface area (Å²) in [6.07, 6.45) is -5.60. The van der Waals surface area contributed by atoms with Crippen molar-refractivity contribution >= 4 is 58.6 Å². The topological polar surface area (TPSA) is 170 Å². The second-order valence-electron chi connectivity index (χ2n) is 5.63. The average Bonchev–Trinajstić information content (AvgIpc) is 2.56. The summed E-state index contributed by atoms with van der Waals surface area (Å²) in [6.45, 7) is 2.82. The smallest absolute Gasteiger partial charge is 0.303 e. The molecule has 0 aliphatic carbocycles. The van der Waals surface area contributed by atoms with Gasteiger partial charge in [-0.25, -0.2) is 0 Å². The fourth-order valence-electron chi connectivity index (χ4n) is 2.35. The van der Waals surface area contributed by atoms with Crippen molar-refractivity contribution in [2.75, 3.05) is 6.61 Å². The summed E-state index contributed by atoms with van der Waals surface area (Å²) in [5, 5.41) is 11.1. The van der Waals surface area contributed by atoms with E-state index in [1.807, 2.05) is 0 Å². The maximum Gasteiger partial charge on any atom is 0.303 e. The first kappa shape index (κ1) is 25.1. The molecule has 0 spiro atoms. The Balaban J connectivity index is 3.35. The molecule has 0 bridgehead atoms. The Morgan fingerprint density at radius 2 is 1.62 bits per heavy atom. The first-order valence-corrected chi connectivity index (χ1v) is 9.00. The monoisotopic (exact) mass is 474 g/mol. The molecule has 15 heteroatoms. The summed E-state index contributed by atoms with van der Waals surface area (Å²) in [5.74, 6) is -3.16. The van der Waals surface area contributed by atoms with Crippen LogP contribution in [0, 0.1) is 5.41 Å². The molecule has 3 unspecified atom stereocenters. The van der Waals surface area contributed by atoms with Crippen LogP contribution >= 0.6 is 34.8 Å². The predicted octanol–water partition coefficient (Wildman–Crippen LogP) is 2.18. The number of alkyl halides is 3. The van der Waals surface area contributed by atoms with Crippen LogP contribution in [0.2, 0.25) is 0 Å². The van der Waals surface area contributed by atoms with Gasteiger partial charge < -0.3 is 23.7 Å². The number of rotatable bonds is 6. The first-order chi connectivity index (χ1) is 13.4. The molecule has 1 aliphatic rings. The minimum absolute atomic E-state index is 0.449. The van der Waals surface area contributed by atoms with E-state index >= 15 is 0 Å². The van der Waals surface area contributed by atoms with Gasteiger partial charge in [0.1, 0.15) is 18.8 Å². The number of hydrogen-bond donors (Lipinski definition) is 1. The predicted molar refractivity (Wildman–Crippen MR) is 98.4 cm³/mol. The van der Waals surface area contributed by atoms with Crippen LogP contribution in [0.1, 0.15) is 20.8 Å². The van der Waals surface area contributed by atoms with Crippen LogP contribution in [0.5, 0.6) is 0 Å². The minimum Gasteiger partial charge on any atom is -0.463 e. The normalized spacial score (nSPS) is 26.5. The van der Waals surface area contributed by atoms with E-state index in [0.717, 1.165) is 20.8 Å². The molecule has 29 heavy (non-hydrogen) atoms. The number of carbonyl (C=O) groups excluding carboxylic acids is 3. The summed E-state index contributed by atoms with van der Waals surface area (Å²) in [6, 6.07) is -1.45. The summed E-state index contributed by atoms with van der Waals surface area (Å²) in [7, 11) is 0. The molecule has 0 aromatic heterocycles. The van der Waals surface area contributed by atoms with Gasteiger partial charge in [-0.3, -0.25) is 19.8 Å². The molecule has 1 rings (SSSR count). The van der Waals surface area contributed by atoms with Gasteiger partial charge in [0.2, 0.25) is 12.2 Å². The van der Waals surface area contributed by atoms with Crippen LogP contribution in [0.15, 0.2) is 5.11 Å². The molecule has 1 aliphatic heterocycles. The SMILES string of the molecule is CC(=O)OCC1O[C@@H](OC(=N)C(Cl)(Cl)Cl)C(N=[N+]=[N-])C(OC(C)=O)[C@@H]1OC(C)=O. The van der Waals surface area contributed by atoms with Gasteiger partial charge in [-0.05, 0) is 5.53 Å². The number of nitrogens with zero attached hydrogens (tertiary/aromatic N) is 3. The third kappa shape index (κ3) is 7.75. The second kappa shape index (κ2) is 10.7. The van der Waals surface area contributed by atoms with Crippen LogP contribution in [-0.4, -0.2) is 64.8 Å². The summed E-state index contributed by atoms with van der Waals surface area (Å²) < 4.78 is 23.6. The van der Waals surface area contributed by atoms with Crippen molar-refractivity contribution in [3.63, 3.8) is 0 Å². The lowest BCUT2D eigenvalue weighted by atomic mass is 9.97. The second-order valence-corrected chi connectivity index (χ2v) is 7.92. The van der Waals surface area contributed by atoms with E-state index in [1.165, 1.54) is 0 Å². The Bertz CT molecular complexity index is 709. The first-order valence-electron chi connectivity index (χ1n) is 7.86. The number of esters is 3. The van der Waals surface area contributed by atoms with E-state index in [2.05, 4.69) is 10.0 Å². The van der Waals surface area contributed by atoms with E-state index in [-0.39, 0.29) is 0 Å². The van der Waals surface area contributed by atoms with E-state index in [9.17, 15) is 14.4 Å². The maximum atomic E-state index is 11.6. The number of ether oxygens (including phenoxy) is 5. The highest BCUT2D eigenvalue weighted by Crippen LogP contribution is 2.33. The molecule has 1 heterocycles. The van der Waals surface area contributed by atoms with Crippen molar-refractivity contribution in [1.82, 2.24) is 0 Å².